The summed E-state index contributed by atoms with van der Waals surface area (Å²) in [6.07, 6.45) is 9.23. The summed E-state index contributed by atoms with van der Waals surface area (Å²) in [6.45, 7) is 5.01. The van der Waals surface area contributed by atoms with Gasteiger partial charge in [0.05, 0.1) is 6.61 Å². The zero-order chi connectivity index (χ0) is 17.2. The lowest BCUT2D eigenvalue weighted by molar-refractivity contribution is -0.151. The van der Waals surface area contributed by atoms with Gasteiger partial charge < -0.3 is 9.47 Å². The van der Waals surface area contributed by atoms with Crippen molar-refractivity contribution >= 4 is 5.97 Å². The Bertz CT molecular complexity index is 480. The number of unbranched alkanes of at least 4 members (excludes halogenated alkanes) is 2. The average Bonchev–Trinajstić information content (AvgIpc) is 2.61. The zero-order valence-electron chi connectivity index (χ0n) is 15.3. The van der Waals surface area contributed by atoms with Gasteiger partial charge in [0, 0.05) is 12.3 Å². The van der Waals surface area contributed by atoms with Crippen LogP contribution in [0, 0.1) is 0 Å². The van der Waals surface area contributed by atoms with Gasteiger partial charge in [-0.15, -0.1) is 0 Å². The highest BCUT2D eigenvalue weighted by Gasteiger charge is 2.29. The van der Waals surface area contributed by atoms with E-state index in [-0.39, 0.29) is 12.1 Å². The van der Waals surface area contributed by atoms with E-state index in [1.165, 1.54) is 12.0 Å². The first-order valence-corrected chi connectivity index (χ1v) is 9.66. The highest BCUT2D eigenvalue weighted by Crippen LogP contribution is 2.36. The number of hydrogen-bond acceptors (Lipinski definition) is 3. The van der Waals surface area contributed by atoms with Gasteiger partial charge in [0.15, 0.2) is 0 Å². The number of hydrogen-bond donors (Lipinski definition) is 0. The van der Waals surface area contributed by atoms with E-state index in [1.807, 2.05) is 12.1 Å². The molecule has 0 spiro atoms. The molecule has 0 amide bonds. The third-order valence-electron chi connectivity index (χ3n) is 4.75. The first-order valence-electron chi connectivity index (χ1n) is 9.66. The third kappa shape index (κ3) is 5.85. The molecule has 0 unspecified atom stereocenters. The summed E-state index contributed by atoms with van der Waals surface area (Å²) in [7, 11) is 0. The van der Waals surface area contributed by atoms with E-state index in [0.717, 1.165) is 57.3 Å². The molecule has 134 valence electrons. The van der Waals surface area contributed by atoms with Crippen LogP contribution in [0.4, 0.5) is 0 Å². The van der Waals surface area contributed by atoms with Crippen molar-refractivity contribution in [1.29, 1.82) is 0 Å². The van der Waals surface area contributed by atoms with Crippen LogP contribution in [0.3, 0.4) is 0 Å². The fraction of sp³-hybridized carbons (Fsp3) is 0.667. The Balaban J connectivity index is 1.94. The topological polar surface area (TPSA) is 35.5 Å². The van der Waals surface area contributed by atoms with Crippen molar-refractivity contribution in [3.05, 3.63) is 29.8 Å². The molecule has 1 saturated carbocycles. The lowest BCUT2D eigenvalue weighted by Crippen LogP contribution is -2.28. The molecular formula is C21H32O3. The van der Waals surface area contributed by atoms with Crippen LogP contribution < -0.4 is 4.74 Å². The Kier molecular flexibility index (Phi) is 8.14. The quantitative estimate of drug-likeness (QED) is 0.434. The summed E-state index contributed by atoms with van der Waals surface area (Å²) in [5.41, 5.74) is 1.27. The molecule has 24 heavy (non-hydrogen) atoms. The molecular weight excluding hydrogens is 300 g/mol. The number of benzene rings is 1. The van der Waals surface area contributed by atoms with Gasteiger partial charge in [-0.05, 0) is 49.8 Å². The van der Waals surface area contributed by atoms with E-state index in [4.69, 9.17) is 9.47 Å². The van der Waals surface area contributed by atoms with Gasteiger partial charge in [-0.2, -0.15) is 0 Å². The van der Waals surface area contributed by atoms with Crippen LogP contribution in [0.2, 0.25) is 0 Å². The van der Waals surface area contributed by atoms with Gasteiger partial charge in [0.2, 0.25) is 0 Å². The largest absolute Gasteiger partial charge is 0.494 e. The zero-order valence-corrected chi connectivity index (χ0v) is 15.3. The average molecular weight is 332 g/mol. The predicted octanol–water partition coefficient (Wildman–Crippen LogP) is 5.63. The Morgan fingerprint density at radius 3 is 2.50 bits per heavy atom. The molecule has 1 aliphatic carbocycles. The summed E-state index contributed by atoms with van der Waals surface area (Å²) < 4.78 is 11.5. The number of carbonyl (C=O) groups excluding carboxylic acids is 1. The number of ether oxygens (including phenoxy) is 2. The molecule has 3 nitrogen and oxygen atoms in total. The number of rotatable bonds is 9. The smallest absolute Gasteiger partial charge is 0.306 e. The van der Waals surface area contributed by atoms with Crippen molar-refractivity contribution < 1.29 is 14.3 Å². The molecule has 0 aliphatic heterocycles. The molecule has 0 radical (unpaired) electrons. The molecule has 2 atom stereocenters. The van der Waals surface area contributed by atoms with Crippen LogP contribution in [0.25, 0.3) is 0 Å². The standard InChI is InChI=1S/C21H32O3/c1-3-5-6-11-21(22)24-20-10-8-7-9-19(20)17-12-14-18(15-13-17)23-16-4-2/h12-15,19-20H,3-11,16H2,1-2H3/t19-,20+/m1/s1. The van der Waals surface area contributed by atoms with E-state index in [9.17, 15) is 4.79 Å². The van der Waals surface area contributed by atoms with E-state index < -0.39 is 0 Å². The van der Waals surface area contributed by atoms with Gasteiger partial charge in [0.25, 0.3) is 0 Å². The maximum atomic E-state index is 12.1. The predicted molar refractivity (Wildman–Crippen MR) is 97.5 cm³/mol. The number of esters is 1. The second kappa shape index (κ2) is 10.4. The lowest BCUT2D eigenvalue weighted by atomic mass is 9.81. The van der Waals surface area contributed by atoms with E-state index in [0.29, 0.717) is 12.3 Å². The molecule has 0 bridgehead atoms. The van der Waals surface area contributed by atoms with Crippen LogP contribution in [0.5, 0.6) is 5.75 Å². The molecule has 1 fully saturated rings. The van der Waals surface area contributed by atoms with Crippen LogP contribution in [-0.2, 0) is 9.53 Å². The molecule has 3 heteroatoms. The van der Waals surface area contributed by atoms with Crippen molar-refractivity contribution in [3.8, 4) is 5.75 Å². The van der Waals surface area contributed by atoms with E-state index in [2.05, 4.69) is 26.0 Å². The Labute approximate surface area is 146 Å². The minimum Gasteiger partial charge on any atom is -0.494 e. The second-order valence-corrected chi connectivity index (χ2v) is 6.79. The summed E-state index contributed by atoms with van der Waals surface area (Å²) in [4.78, 5) is 12.1. The summed E-state index contributed by atoms with van der Waals surface area (Å²) >= 11 is 0. The SMILES string of the molecule is CCCCCC(=O)O[C@H]1CCCC[C@@H]1c1ccc(OCCC)cc1. The monoisotopic (exact) mass is 332 g/mol. The van der Waals surface area contributed by atoms with E-state index >= 15 is 0 Å². The fourth-order valence-corrected chi connectivity index (χ4v) is 3.40. The first kappa shape index (κ1) is 18.8. The highest BCUT2D eigenvalue weighted by molar-refractivity contribution is 5.69. The maximum Gasteiger partial charge on any atom is 0.306 e. The van der Waals surface area contributed by atoms with Crippen molar-refractivity contribution in [2.45, 2.75) is 83.7 Å². The first-order chi connectivity index (χ1) is 11.7. The molecule has 0 heterocycles. The second-order valence-electron chi connectivity index (χ2n) is 6.79. The van der Waals surface area contributed by atoms with Gasteiger partial charge in [0.1, 0.15) is 11.9 Å². The van der Waals surface area contributed by atoms with Crippen LogP contribution in [-0.4, -0.2) is 18.7 Å². The van der Waals surface area contributed by atoms with Crippen molar-refractivity contribution in [1.82, 2.24) is 0 Å². The summed E-state index contributed by atoms with van der Waals surface area (Å²) in [5.74, 6) is 1.22. The van der Waals surface area contributed by atoms with E-state index in [1.54, 1.807) is 0 Å². The Morgan fingerprint density at radius 2 is 1.79 bits per heavy atom. The molecule has 2 rings (SSSR count). The van der Waals surface area contributed by atoms with Crippen LogP contribution in [0.15, 0.2) is 24.3 Å². The van der Waals surface area contributed by atoms with Gasteiger partial charge in [-0.1, -0.05) is 45.2 Å². The Morgan fingerprint density at radius 1 is 1.04 bits per heavy atom. The maximum absolute atomic E-state index is 12.1. The molecule has 0 N–H and O–H groups in total. The number of carbonyl (C=O) groups is 1. The fourth-order valence-electron chi connectivity index (χ4n) is 3.40. The normalized spacial score (nSPS) is 20.6. The Hall–Kier alpha value is -1.51. The van der Waals surface area contributed by atoms with Crippen LogP contribution in [0.1, 0.15) is 83.1 Å². The van der Waals surface area contributed by atoms with Crippen molar-refractivity contribution in [3.63, 3.8) is 0 Å². The third-order valence-corrected chi connectivity index (χ3v) is 4.75. The molecule has 1 aromatic rings. The minimum atomic E-state index is -0.0248. The highest BCUT2D eigenvalue weighted by atomic mass is 16.5. The molecule has 1 aliphatic rings. The van der Waals surface area contributed by atoms with Crippen molar-refractivity contribution in [2.24, 2.45) is 0 Å². The summed E-state index contributed by atoms with van der Waals surface area (Å²) in [5, 5.41) is 0. The summed E-state index contributed by atoms with van der Waals surface area (Å²) in [6, 6.07) is 8.36. The van der Waals surface area contributed by atoms with Gasteiger partial charge in [-0.3, -0.25) is 4.79 Å². The van der Waals surface area contributed by atoms with Gasteiger partial charge in [-0.25, -0.2) is 0 Å². The van der Waals surface area contributed by atoms with Crippen LogP contribution >= 0.6 is 0 Å². The lowest BCUT2D eigenvalue weighted by Gasteiger charge is -2.31. The van der Waals surface area contributed by atoms with Crippen molar-refractivity contribution in [2.75, 3.05) is 6.61 Å². The minimum absolute atomic E-state index is 0.0248. The molecule has 0 saturated heterocycles. The molecule has 0 aromatic heterocycles. The molecule has 1 aromatic carbocycles. The van der Waals surface area contributed by atoms with Gasteiger partial charge >= 0.3 is 5.97 Å².